The maximum Gasteiger partial charge on any atom is 0.312 e. The van der Waals surface area contributed by atoms with E-state index in [1.807, 2.05) is 58.0 Å². The lowest BCUT2D eigenvalue weighted by Gasteiger charge is -2.48. The Morgan fingerprint density at radius 2 is 1.63 bits per heavy atom. The van der Waals surface area contributed by atoms with Crippen LogP contribution in [0.4, 0.5) is 4.39 Å². The van der Waals surface area contributed by atoms with Crippen molar-refractivity contribution in [3.8, 4) is 0 Å². The molecule has 0 radical (unpaired) electrons. The fourth-order valence-corrected chi connectivity index (χ4v) is 8.82. The molecular weight excluding hydrogens is 774 g/mol. The lowest BCUT2D eigenvalue weighted by molar-refractivity contribution is -0.301. The van der Waals surface area contributed by atoms with E-state index in [0.717, 1.165) is 0 Å². The minimum absolute atomic E-state index is 0.0729. The zero-order valence-corrected chi connectivity index (χ0v) is 37.4. The van der Waals surface area contributed by atoms with Crippen LogP contribution in [-0.2, 0) is 39.7 Å². The van der Waals surface area contributed by atoms with Crippen molar-refractivity contribution in [2.75, 3.05) is 21.2 Å². The molecule has 2 aromatic rings. The highest BCUT2D eigenvalue weighted by molar-refractivity contribution is 5.99. The number of aliphatic hydroxyl groups excluding tert-OH is 2. The molecule has 0 aromatic heterocycles. The molecule has 2 fully saturated rings. The predicted molar refractivity (Wildman–Crippen MR) is 227 cm³/mol. The van der Waals surface area contributed by atoms with Crippen molar-refractivity contribution < 1.29 is 53.0 Å². The van der Waals surface area contributed by atoms with E-state index in [4.69, 9.17) is 28.8 Å². The van der Waals surface area contributed by atoms with Crippen molar-refractivity contribution in [2.24, 2.45) is 33.9 Å². The Morgan fingerprint density at radius 1 is 1.00 bits per heavy atom. The monoisotopic (exact) mass is 841 g/mol. The van der Waals surface area contributed by atoms with Crippen LogP contribution in [0.25, 0.3) is 0 Å². The smallest absolute Gasteiger partial charge is 0.312 e. The second-order valence-electron chi connectivity index (χ2n) is 17.5. The minimum Gasteiger partial charge on any atom is -0.461 e. The summed E-state index contributed by atoms with van der Waals surface area (Å²) in [6.45, 7) is 15.6. The lowest BCUT2D eigenvalue weighted by Crippen LogP contribution is -2.60. The van der Waals surface area contributed by atoms with Gasteiger partial charge in [-0.2, -0.15) is 10.2 Å². The predicted octanol–water partition coefficient (Wildman–Crippen LogP) is 5.74. The number of hydrogen-bond donors (Lipinski definition) is 3. The number of likely N-dealkylation sites (N-methyl/N-ethyl adjacent to an activating group) is 1. The van der Waals surface area contributed by atoms with Crippen molar-refractivity contribution in [2.45, 2.75) is 148 Å². The van der Waals surface area contributed by atoms with Gasteiger partial charge >= 0.3 is 11.9 Å². The summed E-state index contributed by atoms with van der Waals surface area (Å²) >= 11 is 0. The van der Waals surface area contributed by atoms with Crippen molar-refractivity contribution in [3.63, 3.8) is 0 Å². The maximum atomic E-state index is 14.3. The molecule has 0 aliphatic carbocycles. The highest BCUT2D eigenvalue weighted by Gasteiger charge is 2.52. The summed E-state index contributed by atoms with van der Waals surface area (Å²) in [6.07, 6.45) is -6.59. The average Bonchev–Trinajstić information content (AvgIpc) is 3.20. The Hall–Kier alpha value is -3.63. The van der Waals surface area contributed by atoms with Crippen molar-refractivity contribution >= 4 is 23.4 Å². The van der Waals surface area contributed by atoms with E-state index in [9.17, 15) is 29.3 Å². The molecule has 2 saturated heterocycles. The van der Waals surface area contributed by atoms with Gasteiger partial charge in [-0.15, -0.1) is 0 Å². The molecule has 0 spiro atoms. The van der Waals surface area contributed by atoms with Gasteiger partial charge in [-0.1, -0.05) is 70.2 Å². The topological polar surface area (TPSA) is 169 Å². The first kappa shape index (κ1) is 49.0. The minimum atomic E-state index is -1.97. The van der Waals surface area contributed by atoms with E-state index in [0.29, 0.717) is 29.0 Å². The van der Waals surface area contributed by atoms with Gasteiger partial charge in [0.05, 0.1) is 42.0 Å². The van der Waals surface area contributed by atoms with Crippen LogP contribution in [-0.4, -0.2) is 125 Å². The molecule has 0 bridgehead atoms. The molecule has 60 heavy (non-hydrogen) atoms. The van der Waals surface area contributed by atoms with Crippen LogP contribution >= 0.6 is 0 Å². The van der Waals surface area contributed by atoms with E-state index in [1.165, 1.54) is 26.2 Å². The molecule has 334 valence electrons. The molecule has 13 nitrogen and oxygen atoms in total. The normalized spacial score (nSPS) is 37.0. The van der Waals surface area contributed by atoms with Gasteiger partial charge < -0.3 is 43.9 Å². The molecule has 0 amide bonds. The number of ether oxygens (including phenoxy) is 5. The van der Waals surface area contributed by atoms with Crippen molar-refractivity contribution in [1.82, 2.24) is 4.90 Å². The first-order chi connectivity index (χ1) is 28.1. The third-order valence-electron chi connectivity index (χ3n) is 12.6. The summed E-state index contributed by atoms with van der Waals surface area (Å²) in [6, 6.07) is 14.6. The van der Waals surface area contributed by atoms with Crippen LogP contribution in [0.2, 0.25) is 0 Å². The number of aliphatic hydroxyl groups is 3. The van der Waals surface area contributed by atoms with Gasteiger partial charge in [0.2, 0.25) is 0 Å². The van der Waals surface area contributed by atoms with E-state index < -0.39 is 89.4 Å². The number of rotatable bonds is 10. The molecule has 4 rings (SSSR count). The summed E-state index contributed by atoms with van der Waals surface area (Å²) in [5, 5.41) is 45.0. The summed E-state index contributed by atoms with van der Waals surface area (Å²) in [4.78, 5) is 30.0. The molecule has 2 aliphatic rings. The summed E-state index contributed by atoms with van der Waals surface area (Å²) in [5.74, 6) is -5.02. The van der Waals surface area contributed by atoms with Crippen LogP contribution in [0.1, 0.15) is 92.7 Å². The van der Waals surface area contributed by atoms with E-state index in [-0.39, 0.29) is 31.4 Å². The Morgan fingerprint density at radius 3 is 2.22 bits per heavy atom. The third kappa shape index (κ3) is 11.6. The number of cyclic esters (lactones) is 1. The van der Waals surface area contributed by atoms with Gasteiger partial charge in [-0.25, -0.2) is 4.39 Å². The van der Waals surface area contributed by atoms with Gasteiger partial charge in [0, 0.05) is 30.7 Å². The highest BCUT2D eigenvalue weighted by Crippen LogP contribution is 2.40. The highest BCUT2D eigenvalue weighted by atomic mass is 19.1. The van der Waals surface area contributed by atoms with Crippen LogP contribution in [0.15, 0.2) is 64.8 Å². The van der Waals surface area contributed by atoms with Gasteiger partial charge in [0.25, 0.3) is 0 Å². The standard InChI is InChI=1S/C46H68FN3O10/c1-13-36-46(9,55)41(53)28(4)38(49-48-31(7)33-19-21-34(47)22-20-33)26(2)25-45(8,56-12)42(60-44-39(52)35(50(10)11)23-27(3)57-44)29(5)40(30(6)43(54)58-36)59-37(51)24-32-17-15-14-16-18-32/h14-22,26-30,35-36,39-42,44,52-53,55H,13,23-25H2,1-12H3/b48-31+,49-38+/t26-,27?,28+,29+,30-,35?,36-,39?,40+,41-,42-,44?,45-,46-/m1/s1. The lowest BCUT2D eigenvalue weighted by atomic mass is 9.73. The number of halogens is 1. The van der Waals surface area contributed by atoms with E-state index in [1.54, 1.807) is 58.9 Å². The molecular formula is C46H68FN3O10. The number of methoxy groups -OCH3 is 1. The molecule has 4 unspecified atom stereocenters. The van der Waals surface area contributed by atoms with Gasteiger partial charge in [0.15, 0.2) is 6.29 Å². The molecule has 14 heteroatoms. The van der Waals surface area contributed by atoms with Crippen molar-refractivity contribution in [3.05, 3.63) is 71.5 Å². The van der Waals surface area contributed by atoms with Gasteiger partial charge in [-0.05, 0) is 97.2 Å². The summed E-state index contributed by atoms with van der Waals surface area (Å²) in [7, 11) is 5.28. The van der Waals surface area contributed by atoms with Crippen LogP contribution < -0.4 is 0 Å². The second-order valence-corrected chi connectivity index (χ2v) is 17.5. The molecule has 2 heterocycles. The van der Waals surface area contributed by atoms with Crippen LogP contribution in [0, 0.1) is 29.5 Å². The fraction of sp³-hybridized carbons (Fsp3) is 0.652. The van der Waals surface area contributed by atoms with Crippen LogP contribution in [0.3, 0.4) is 0 Å². The molecule has 2 aliphatic heterocycles. The quantitative estimate of drug-likeness (QED) is 0.152. The molecule has 3 N–H and O–H groups in total. The maximum absolute atomic E-state index is 14.3. The largest absolute Gasteiger partial charge is 0.461 e. The Balaban J connectivity index is 1.92. The van der Waals surface area contributed by atoms with E-state index >= 15 is 0 Å². The van der Waals surface area contributed by atoms with Gasteiger partial charge in [-0.3, -0.25) is 9.59 Å². The first-order valence-corrected chi connectivity index (χ1v) is 21.1. The summed E-state index contributed by atoms with van der Waals surface area (Å²) in [5.41, 5.74) is -1.02. The fourth-order valence-electron chi connectivity index (χ4n) is 8.82. The number of hydrogen-bond acceptors (Lipinski definition) is 13. The Bertz CT molecular complexity index is 1770. The van der Waals surface area contributed by atoms with E-state index in [2.05, 4.69) is 5.10 Å². The van der Waals surface area contributed by atoms with Crippen LogP contribution in [0.5, 0.6) is 0 Å². The number of nitrogens with zero attached hydrogens (tertiary/aromatic N) is 3. The number of benzene rings is 2. The number of esters is 2. The number of carbonyl (C=O) groups excluding carboxylic acids is 2. The molecule has 0 saturated carbocycles. The Kier molecular flexibility index (Phi) is 17.1. The number of carbonyl (C=O) groups is 2. The Labute approximate surface area is 355 Å². The molecule has 2 aromatic carbocycles. The zero-order chi connectivity index (χ0) is 44.7. The summed E-state index contributed by atoms with van der Waals surface area (Å²) < 4.78 is 45.7. The third-order valence-corrected chi connectivity index (χ3v) is 12.6. The molecule has 14 atom stereocenters. The first-order valence-electron chi connectivity index (χ1n) is 21.1. The second kappa shape index (κ2) is 21.0. The van der Waals surface area contributed by atoms with Crippen molar-refractivity contribution in [1.29, 1.82) is 0 Å². The average molecular weight is 842 g/mol. The SMILES string of the molecule is CC[C@H]1OC(=O)[C@H](C)[C@@H](OC(=O)Cc2ccccc2)[C@H](C)[C@@H](OC2OC(C)CC(N(C)C)C2O)[C@](C)(OC)C[C@@H](C)/C(=N\N=C(/C)c2ccc(F)cc2)[C@H](C)[C@@H](O)[C@]1(C)O. The van der Waals surface area contributed by atoms with Gasteiger partial charge in [0.1, 0.15) is 29.7 Å². The zero-order valence-electron chi connectivity index (χ0n) is 37.4.